The lowest BCUT2D eigenvalue weighted by atomic mass is 10.1. The fourth-order valence-corrected chi connectivity index (χ4v) is 1.73. The monoisotopic (exact) mass is 294 g/mol. The van der Waals surface area contributed by atoms with Crippen LogP contribution in [-0.4, -0.2) is 16.2 Å². The van der Waals surface area contributed by atoms with Gasteiger partial charge in [0.1, 0.15) is 11.8 Å². The van der Waals surface area contributed by atoms with Crippen LogP contribution >= 0.6 is 0 Å². The molecule has 1 heterocycles. The van der Waals surface area contributed by atoms with E-state index in [2.05, 4.69) is 10.5 Å². The van der Waals surface area contributed by atoms with Crippen molar-refractivity contribution in [1.29, 1.82) is 10.5 Å². The quantitative estimate of drug-likeness (QED) is 0.508. The molecule has 108 valence electrons. The topological polar surface area (TPSA) is 123 Å². The lowest BCUT2D eigenvalue weighted by Crippen LogP contribution is -2.15. The van der Waals surface area contributed by atoms with E-state index < -0.39 is 17.2 Å². The molecule has 0 radical (unpaired) electrons. The number of nitrogens with one attached hydrogen (secondary N) is 1. The second-order valence-electron chi connectivity index (χ2n) is 4.28. The molecule has 7 heteroatoms. The van der Waals surface area contributed by atoms with E-state index in [-0.39, 0.29) is 11.3 Å². The highest BCUT2D eigenvalue weighted by Gasteiger charge is 2.20. The van der Waals surface area contributed by atoms with Crippen LogP contribution in [0.2, 0.25) is 0 Å². The Kier molecular flexibility index (Phi) is 4.21. The van der Waals surface area contributed by atoms with E-state index in [1.807, 2.05) is 6.07 Å². The number of hydrogen-bond donors (Lipinski definition) is 2. The number of aromatic nitrogens is 1. The lowest BCUT2D eigenvalue weighted by molar-refractivity contribution is -0.112. The van der Waals surface area contributed by atoms with Crippen molar-refractivity contribution in [3.63, 3.8) is 0 Å². The molecule has 0 spiro atoms. The number of hydrogen-bond acceptors (Lipinski definition) is 6. The number of benzene rings is 1. The number of anilines is 1. The molecule has 2 N–H and O–H groups in total. The average molecular weight is 294 g/mol. The molecule has 0 saturated heterocycles. The van der Waals surface area contributed by atoms with Gasteiger partial charge >= 0.3 is 0 Å². The number of aryl methyl sites for hydroxylation is 1. The average Bonchev–Trinajstić information content (AvgIpc) is 2.94. The molecule has 0 atom stereocenters. The van der Waals surface area contributed by atoms with Crippen LogP contribution < -0.4 is 5.32 Å². The minimum atomic E-state index is -0.796. The highest BCUT2D eigenvalue weighted by Crippen LogP contribution is 2.20. The number of nitrogens with zero attached hydrogens (tertiary/aromatic N) is 3. The summed E-state index contributed by atoms with van der Waals surface area (Å²) in [5, 5.41) is 33.9. The molecule has 2 aromatic rings. The van der Waals surface area contributed by atoms with Gasteiger partial charge in [-0.1, -0.05) is 11.2 Å². The predicted octanol–water partition coefficient (Wildman–Crippen LogP) is 2.29. The van der Waals surface area contributed by atoms with E-state index in [0.717, 1.165) is 0 Å². The maximum atomic E-state index is 12.1. The molecular formula is C15H10N4O3. The predicted molar refractivity (Wildman–Crippen MR) is 76.2 cm³/mol. The first kappa shape index (κ1) is 14.8. The summed E-state index contributed by atoms with van der Waals surface area (Å²) in [5.41, 5.74) is 0.386. The zero-order chi connectivity index (χ0) is 16.1. The second kappa shape index (κ2) is 6.25. The molecule has 0 aliphatic carbocycles. The van der Waals surface area contributed by atoms with Crippen LogP contribution in [0, 0.1) is 29.6 Å². The van der Waals surface area contributed by atoms with Crippen molar-refractivity contribution in [2.24, 2.45) is 0 Å². The first-order valence-corrected chi connectivity index (χ1v) is 6.13. The number of rotatable bonds is 3. The second-order valence-corrected chi connectivity index (χ2v) is 4.28. The summed E-state index contributed by atoms with van der Waals surface area (Å²) in [7, 11) is 0. The van der Waals surface area contributed by atoms with Crippen LogP contribution in [0.25, 0.3) is 5.76 Å². The van der Waals surface area contributed by atoms with Crippen LogP contribution in [0.3, 0.4) is 0 Å². The van der Waals surface area contributed by atoms with E-state index in [1.54, 1.807) is 31.2 Å². The minimum absolute atomic E-state index is 0.164. The minimum Gasteiger partial charge on any atom is -0.506 e. The van der Waals surface area contributed by atoms with Gasteiger partial charge in [-0.25, -0.2) is 0 Å². The molecule has 0 fully saturated rings. The van der Waals surface area contributed by atoms with Crippen LogP contribution in [-0.2, 0) is 4.79 Å². The molecule has 1 amide bonds. The van der Waals surface area contributed by atoms with Gasteiger partial charge in [-0.2, -0.15) is 10.5 Å². The fraction of sp³-hybridized carbons (Fsp3) is 0.0667. The van der Waals surface area contributed by atoms with Gasteiger partial charge in [0.2, 0.25) is 0 Å². The van der Waals surface area contributed by atoms with Crippen molar-refractivity contribution >= 4 is 17.4 Å². The van der Waals surface area contributed by atoms with Gasteiger partial charge in [0.25, 0.3) is 5.91 Å². The zero-order valence-corrected chi connectivity index (χ0v) is 11.5. The molecule has 0 aliphatic heterocycles. The number of aliphatic hydroxyl groups excluding tert-OH is 1. The van der Waals surface area contributed by atoms with Gasteiger partial charge in [-0.05, 0) is 25.1 Å². The molecule has 1 aromatic heterocycles. The third-order valence-corrected chi connectivity index (χ3v) is 2.83. The molecule has 0 saturated carbocycles. The molecule has 22 heavy (non-hydrogen) atoms. The van der Waals surface area contributed by atoms with E-state index in [1.165, 1.54) is 12.3 Å². The Hall–Kier alpha value is -3.58. The summed E-state index contributed by atoms with van der Waals surface area (Å²) < 4.78 is 4.79. The molecule has 0 aliphatic rings. The summed E-state index contributed by atoms with van der Waals surface area (Å²) >= 11 is 0. The highest BCUT2D eigenvalue weighted by atomic mass is 16.5. The van der Waals surface area contributed by atoms with Gasteiger partial charge in [-0.3, -0.25) is 4.79 Å². The van der Waals surface area contributed by atoms with Crippen LogP contribution in [0.4, 0.5) is 5.69 Å². The van der Waals surface area contributed by atoms with Gasteiger partial charge in [0.05, 0.1) is 23.4 Å². The van der Waals surface area contributed by atoms with Crippen molar-refractivity contribution in [2.75, 3.05) is 5.32 Å². The van der Waals surface area contributed by atoms with E-state index in [0.29, 0.717) is 11.3 Å². The maximum absolute atomic E-state index is 12.1. The van der Waals surface area contributed by atoms with Crippen molar-refractivity contribution in [3.8, 4) is 12.1 Å². The Morgan fingerprint density at radius 1 is 1.41 bits per heavy atom. The lowest BCUT2D eigenvalue weighted by Gasteiger charge is -2.06. The Balaban J connectivity index is 2.32. The number of carbonyl (C=O) groups is 1. The highest BCUT2D eigenvalue weighted by molar-refractivity contribution is 6.11. The fourth-order valence-electron chi connectivity index (χ4n) is 1.73. The standard InChI is InChI=1S/C15H10N4O3/c1-9-13(8-18-22-9)14(20)12(7-17)15(21)19-11-4-2-3-10(5-11)6-16/h2-5,8,20H,1H3,(H,19,21)/b14-12-. The molecule has 0 unspecified atom stereocenters. The van der Waals surface area contributed by atoms with Crippen LogP contribution in [0.1, 0.15) is 16.9 Å². The molecule has 2 rings (SSSR count). The Bertz CT molecular complexity index is 837. The Morgan fingerprint density at radius 3 is 2.77 bits per heavy atom. The van der Waals surface area contributed by atoms with E-state index >= 15 is 0 Å². The Morgan fingerprint density at radius 2 is 2.18 bits per heavy atom. The van der Waals surface area contributed by atoms with Gasteiger partial charge in [0, 0.05) is 5.69 Å². The SMILES string of the molecule is Cc1oncc1/C(O)=C(\C#N)C(=O)Nc1cccc(C#N)c1. The van der Waals surface area contributed by atoms with Gasteiger partial charge < -0.3 is 14.9 Å². The summed E-state index contributed by atoms with van der Waals surface area (Å²) in [6.45, 7) is 1.54. The zero-order valence-electron chi connectivity index (χ0n) is 11.5. The smallest absolute Gasteiger partial charge is 0.270 e. The summed E-state index contributed by atoms with van der Waals surface area (Å²) in [5.74, 6) is -1.03. The van der Waals surface area contributed by atoms with Gasteiger partial charge in [0.15, 0.2) is 11.3 Å². The first-order chi connectivity index (χ1) is 10.6. The van der Waals surface area contributed by atoms with E-state index in [9.17, 15) is 9.90 Å². The first-order valence-electron chi connectivity index (χ1n) is 6.13. The van der Waals surface area contributed by atoms with Crippen molar-refractivity contribution in [2.45, 2.75) is 6.92 Å². The Labute approximate surface area is 125 Å². The molecule has 0 bridgehead atoms. The number of carbonyl (C=O) groups excluding carboxylic acids is 1. The number of amides is 1. The normalized spacial score (nSPS) is 11.0. The largest absolute Gasteiger partial charge is 0.506 e. The van der Waals surface area contributed by atoms with Crippen LogP contribution in [0.15, 0.2) is 40.6 Å². The molecule has 1 aromatic carbocycles. The van der Waals surface area contributed by atoms with Crippen LogP contribution in [0.5, 0.6) is 0 Å². The van der Waals surface area contributed by atoms with E-state index in [4.69, 9.17) is 15.0 Å². The molecular weight excluding hydrogens is 284 g/mol. The summed E-state index contributed by atoms with van der Waals surface area (Å²) in [4.78, 5) is 12.1. The third-order valence-electron chi connectivity index (χ3n) is 2.83. The number of aliphatic hydroxyl groups is 1. The van der Waals surface area contributed by atoms with Gasteiger partial charge in [-0.15, -0.1) is 0 Å². The summed E-state index contributed by atoms with van der Waals surface area (Å²) in [6.07, 6.45) is 1.21. The third kappa shape index (κ3) is 2.94. The maximum Gasteiger partial charge on any atom is 0.270 e. The molecule has 7 nitrogen and oxygen atoms in total. The number of nitriles is 2. The summed E-state index contributed by atoms with van der Waals surface area (Å²) in [6, 6.07) is 9.77. The van der Waals surface area contributed by atoms with Crippen molar-refractivity contribution < 1.29 is 14.4 Å². The van der Waals surface area contributed by atoms with Crippen molar-refractivity contribution in [1.82, 2.24) is 5.16 Å². The van der Waals surface area contributed by atoms with Crippen molar-refractivity contribution in [3.05, 3.63) is 52.9 Å².